The normalized spacial score (nSPS) is 9.43. The van der Waals surface area contributed by atoms with Crippen molar-refractivity contribution >= 4 is 85.5 Å². The smallest absolute Gasteiger partial charge is 0.434 e. The van der Waals surface area contributed by atoms with Crippen molar-refractivity contribution < 1.29 is 14.3 Å². The van der Waals surface area contributed by atoms with Crippen LogP contribution in [0, 0.1) is 0 Å². The van der Waals surface area contributed by atoms with Crippen LogP contribution in [0.1, 0.15) is 6.42 Å². The molecule has 0 aliphatic rings. The Morgan fingerprint density at radius 1 is 1.21 bits per heavy atom. The van der Waals surface area contributed by atoms with Gasteiger partial charge in [-0.25, -0.2) is 4.79 Å². The Kier molecular flexibility index (Phi) is 10.7. The summed E-state index contributed by atoms with van der Waals surface area (Å²) in [6.45, 7) is 0.575. The lowest BCUT2D eigenvalue weighted by atomic mass is 10.5. The van der Waals surface area contributed by atoms with Crippen LogP contribution in [0.4, 0.5) is 4.79 Å². The number of hydrogen-bond donors (Lipinski definition) is 0. The maximum atomic E-state index is 10.9. The third-order valence-corrected chi connectivity index (χ3v) is 5.50. The number of alkyl halides is 1. The number of carbonyl (C=O) groups excluding carboxylic acids is 1. The first kappa shape index (κ1) is 15.5. The van der Waals surface area contributed by atoms with Gasteiger partial charge >= 0.3 is 6.16 Å². The molecule has 82 valence electrons. The van der Waals surface area contributed by atoms with Crippen LogP contribution in [0.2, 0.25) is 0 Å². The first-order valence-electron chi connectivity index (χ1n) is 3.63. The molecule has 0 amide bonds. The Labute approximate surface area is 129 Å². The van der Waals surface area contributed by atoms with Gasteiger partial charge in [-0.3, -0.25) is 0 Å². The zero-order chi connectivity index (χ0) is 11.0. The Bertz CT molecular complexity index is 216. The van der Waals surface area contributed by atoms with Crippen LogP contribution in [0.3, 0.4) is 0 Å². The highest BCUT2D eigenvalue weighted by molar-refractivity contribution is 14.2. The summed E-state index contributed by atoms with van der Waals surface area (Å²) in [4.78, 5) is 10.9. The van der Waals surface area contributed by atoms with Crippen molar-refractivity contribution in [2.75, 3.05) is 19.1 Å². The van der Waals surface area contributed by atoms with E-state index < -0.39 is 6.16 Å². The predicted octanol–water partition coefficient (Wildman–Crippen LogP) is 4.24. The maximum Gasteiger partial charge on any atom is 0.508 e. The van der Waals surface area contributed by atoms with Gasteiger partial charge in [-0.1, -0.05) is 0 Å². The van der Waals surface area contributed by atoms with Gasteiger partial charge in [-0.15, -0.1) is 11.6 Å². The molecule has 0 fully saturated rings. The molecule has 3 nitrogen and oxygen atoms in total. The van der Waals surface area contributed by atoms with E-state index in [-0.39, 0.29) is 6.61 Å². The number of halogens is 4. The molecule has 0 saturated carbocycles. The first-order chi connectivity index (χ1) is 6.57. The van der Waals surface area contributed by atoms with Crippen molar-refractivity contribution in [1.82, 2.24) is 0 Å². The van der Waals surface area contributed by atoms with Gasteiger partial charge in [0.15, 0.2) is 0 Å². The third kappa shape index (κ3) is 8.77. The second-order valence-electron chi connectivity index (χ2n) is 2.09. The minimum Gasteiger partial charge on any atom is -0.434 e. The zero-order valence-electron chi connectivity index (χ0n) is 7.07. The van der Waals surface area contributed by atoms with Crippen molar-refractivity contribution in [3.8, 4) is 0 Å². The molecule has 7 heteroatoms. The quantitative estimate of drug-likeness (QED) is 0.220. The molecular formula is C7H8ClI3O3. The van der Waals surface area contributed by atoms with Crippen molar-refractivity contribution in [1.29, 1.82) is 0 Å². The fourth-order valence-electron chi connectivity index (χ4n) is 0.429. The molecule has 0 rings (SSSR count). The number of hydrogen-bond acceptors (Lipinski definition) is 3. The Morgan fingerprint density at radius 2 is 1.86 bits per heavy atom. The van der Waals surface area contributed by atoms with Gasteiger partial charge in [0, 0.05) is 9.46 Å². The van der Waals surface area contributed by atoms with E-state index in [1.54, 1.807) is 0 Å². The van der Waals surface area contributed by atoms with Crippen LogP contribution in [-0.4, -0.2) is 25.2 Å². The fourth-order valence-corrected chi connectivity index (χ4v) is 1.00. The second kappa shape index (κ2) is 9.70. The van der Waals surface area contributed by atoms with Crippen LogP contribution >= 0.6 is 79.4 Å². The standard InChI is InChI=1S/C7H8ClI3O3/c8-2-1-3-13-7(12)14-4-5(9)6(10)11/h1-4H2. The van der Waals surface area contributed by atoms with Gasteiger partial charge in [0.25, 0.3) is 0 Å². The maximum absolute atomic E-state index is 10.9. The molecule has 0 spiro atoms. The van der Waals surface area contributed by atoms with E-state index >= 15 is 0 Å². The molecule has 0 N–H and O–H groups in total. The second-order valence-corrected chi connectivity index (χ2v) is 8.00. The molecule has 0 aromatic rings. The zero-order valence-corrected chi connectivity index (χ0v) is 14.3. The number of rotatable bonds is 5. The van der Waals surface area contributed by atoms with E-state index in [0.29, 0.717) is 18.9 Å². The monoisotopic (exact) mass is 556 g/mol. The van der Waals surface area contributed by atoms with E-state index in [2.05, 4.69) is 67.8 Å². The van der Waals surface area contributed by atoms with Gasteiger partial charge < -0.3 is 9.47 Å². The Balaban J connectivity index is 3.59. The molecule has 0 unspecified atom stereocenters. The van der Waals surface area contributed by atoms with Gasteiger partial charge in [-0.2, -0.15) is 0 Å². The summed E-state index contributed by atoms with van der Waals surface area (Å²) in [6, 6.07) is 0. The average Bonchev–Trinajstić information content (AvgIpc) is 2.14. The highest BCUT2D eigenvalue weighted by Gasteiger charge is 2.05. The van der Waals surface area contributed by atoms with Gasteiger partial charge in [0.05, 0.1) is 8.19 Å². The van der Waals surface area contributed by atoms with E-state index in [1.807, 2.05) is 0 Å². The summed E-state index contributed by atoms with van der Waals surface area (Å²) < 4.78 is 11.6. The summed E-state index contributed by atoms with van der Waals surface area (Å²) in [5.41, 5.74) is 0. The van der Waals surface area contributed by atoms with E-state index in [0.717, 1.165) is 5.17 Å². The molecule has 0 aliphatic heterocycles. The largest absolute Gasteiger partial charge is 0.508 e. The minimum absolute atomic E-state index is 0.265. The first-order valence-corrected chi connectivity index (χ1v) is 7.40. The molecule has 14 heavy (non-hydrogen) atoms. The van der Waals surface area contributed by atoms with Crippen LogP contribution in [0.25, 0.3) is 0 Å². The van der Waals surface area contributed by atoms with E-state index in [4.69, 9.17) is 21.1 Å². The molecule has 0 aromatic heterocycles. The van der Waals surface area contributed by atoms with Crippen molar-refractivity contribution in [3.05, 3.63) is 5.17 Å². The van der Waals surface area contributed by atoms with Gasteiger partial charge in [-0.05, 0) is 74.2 Å². The molecule has 0 saturated heterocycles. The van der Waals surface area contributed by atoms with Crippen molar-refractivity contribution in [2.24, 2.45) is 0 Å². The van der Waals surface area contributed by atoms with Crippen molar-refractivity contribution in [2.45, 2.75) is 6.42 Å². The van der Waals surface area contributed by atoms with Crippen LogP contribution < -0.4 is 0 Å². The Hall–Kier alpha value is 1.49. The lowest BCUT2D eigenvalue weighted by Gasteiger charge is -2.04. The van der Waals surface area contributed by atoms with E-state index in [9.17, 15) is 4.79 Å². The molecular weight excluding hydrogens is 548 g/mol. The molecule has 0 aliphatic carbocycles. The van der Waals surface area contributed by atoms with E-state index in [1.165, 1.54) is 0 Å². The SMILES string of the molecule is O=C(OCCCCl)OCC(I)=C(I)I. The lowest BCUT2D eigenvalue weighted by Crippen LogP contribution is -2.09. The summed E-state index contributed by atoms with van der Waals surface area (Å²) in [6.07, 6.45) is 0.00580. The minimum atomic E-state index is -0.640. The number of carbonyl (C=O) groups is 1. The van der Waals surface area contributed by atoms with Crippen LogP contribution in [0.15, 0.2) is 5.17 Å². The average molecular weight is 556 g/mol. The van der Waals surface area contributed by atoms with Crippen LogP contribution in [0.5, 0.6) is 0 Å². The number of ether oxygens (including phenoxy) is 2. The molecule has 0 bridgehead atoms. The predicted molar refractivity (Wildman–Crippen MR) is 81.7 cm³/mol. The highest BCUT2D eigenvalue weighted by atomic mass is 127. The summed E-state index contributed by atoms with van der Waals surface area (Å²) in [5, 5.41) is 0. The van der Waals surface area contributed by atoms with Gasteiger partial charge in [0.1, 0.15) is 6.61 Å². The molecule has 0 radical (unpaired) electrons. The third-order valence-electron chi connectivity index (χ3n) is 1.02. The molecule has 0 atom stereocenters. The van der Waals surface area contributed by atoms with Gasteiger partial charge in [0.2, 0.25) is 0 Å². The summed E-state index contributed by atoms with van der Waals surface area (Å²) in [7, 11) is 0. The van der Waals surface area contributed by atoms with Crippen LogP contribution in [-0.2, 0) is 9.47 Å². The summed E-state index contributed by atoms with van der Waals surface area (Å²) in [5.74, 6) is 0.483. The highest BCUT2D eigenvalue weighted by Crippen LogP contribution is 2.25. The summed E-state index contributed by atoms with van der Waals surface area (Å²) >= 11 is 11.9. The molecule has 0 aromatic carbocycles. The Morgan fingerprint density at radius 3 is 2.36 bits per heavy atom. The van der Waals surface area contributed by atoms with Crippen molar-refractivity contribution in [3.63, 3.8) is 0 Å². The lowest BCUT2D eigenvalue weighted by molar-refractivity contribution is 0.0633. The topological polar surface area (TPSA) is 35.5 Å². The molecule has 0 heterocycles. The fraction of sp³-hybridized carbons (Fsp3) is 0.571.